The molecule has 1 heterocycles. The number of benzene rings is 2. The van der Waals surface area contributed by atoms with Crippen LogP contribution >= 0.6 is 0 Å². The molecule has 3 N–H and O–H groups in total. The van der Waals surface area contributed by atoms with Crippen LogP contribution in [0.2, 0.25) is 0 Å². The van der Waals surface area contributed by atoms with Gasteiger partial charge in [0, 0.05) is 26.3 Å². The number of nitrogens with two attached hydrogens (primary N) is 1. The quantitative estimate of drug-likeness (QED) is 0.705. The van der Waals surface area contributed by atoms with Crippen molar-refractivity contribution in [2.24, 2.45) is 0 Å². The maximum atomic E-state index is 12.0. The number of anilines is 2. The first-order chi connectivity index (χ1) is 13.1. The monoisotopic (exact) mass is 360 g/mol. The van der Waals surface area contributed by atoms with Crippen molar-refractivity contribution in [2.45, 2.75) is 20.0 Å². The van der Waals surface area contributed by atoms with Crippen LogP contribution in [-0.4, -0.2) is 17.9 Å². The predicted octanol–water partition coefficient (Wildman–Crippen LogP) is 3.54. The van der Waals surface area contributed by atoms with Gasteiger partial charge in [0.2, 0.25) is 0 Å². The Hall–Kier alpha value is -3.34. The topological polar surface area (TPSA) is 71.2 Å². The van der Waals surface area contributed by atoms with E-state index in [4.69, 9.17) is 5.73 Å². The van der Waals surface area contributed by atoms with Gasteiger partial charge in [-0.05, 0) is 23.6 Å². The standard InChI is InChI=1S/C22H24N4O/c1-16-19(22(27)24-2)13-25-21(20(16)23)26(14-17-9-5-3-6-10-17)15-18-11-7-4-8-12-18/h3-13H,14-15,23H2,1-2H3,(H,24,27). The van der Waals surface area contributed by atoms with Crippen LogP contribution in [0.4, 0.5) is 11.5 Å². The molecular formula is C22H24N4O. The third kappa shape index (κ3) is 4.26. The van der Waals surface area contributed by atoms with Crippen LogP contribution in [0.5, 0.6) is 0 Å². The van der Waals surface area contributed by atoms with Crippen molar-refractivity contribution in [2.75, 3.05) is 17.7 Å². The molecule has 0 aliphatic carbocycles. The molecule has 1 aromatic heterocycles. The molecule has 5 nitrogen and oxygen atoms in total. The van der Waals surface area contributed by atoms with Crippen LogP contribution in [0.25, 0.3) is 0 Å². The van der Waals surface area contributed by atoms with Gasteiger partial charge in [0.1, 0.15) is 0 Å². The minimum atomic E-state index is -0.184. The van der Waals surface area contributed by atoms with Crippen LogP contribution in [0.15, 0.2) is 66.9 Å². The second kappa shape index (κ2) is 8.36. The molecule has 27 heavy (non-hydrogen) atoms. The van der Waals surface area contributed by atoms with Gasteiger partial charge in [-0.2, -0.15) is 0 Å². The number of hydrogen-bond donors (Lipinski definition) is 2. The highest BCUT2D eigenvalue weighted by Crippen LogP contribution is 2.29. The Balaban J connectivity index is 1.99. The summed E-state index contributed by atoms with van der Waals surface area (Å²) in [6.45, 7) is 3.20. The first-order valence-electron chi connectivity index (χ1n) is 8.90. The minimum Gasteiger partial charge on any atom is -0.395 e. The fourth-order valence-electron chi connectivity index (χ4n) is 3.03. The average molecular weight is 360 g/mol. The van der Waals surface area contributed by atoms with Gasteiger partial charge in [0.05, 0.1) is 11.3 Å². The Labute approximate surface area is 159 Å². The zero-order valence-corrected chi connectivity index (χ0v) is 15.6. The van der Waals surface area contributed by atoms with Gasteiger partial charge < -0.3 is 16.0 Å². The number of carbonyl (C=O) groups excluding carboxylic acids is 1. The molecule has 0 fully saturated rings. The summed E-state index contributed by atoms with van der Waals surface area (Å²) in [5.74, 6) is 0.503. The largest absolute Gasteiger partial charge is 0.395 e. The summed E-state index contributed by atoms with van der Waals surface area (Å²) in [5.41, 5.74) is 10.5. The molecule has 138 valence electrons. The van der Waals surface area contributed by atoms with Crippen molar-refractivity contribution < 1.29 is 4.79 Å². The number of aromatic nitrogens is 1. The molecule has 0 atom stereocenters. The van der Waals surface area contributed by atoms with Crippen LogP contribution in [0.3, 0.4) is 0 Å². The van der Waals surface area contributed by atoms with Gasteiger partial charge in [-0.1, -0.05) is 60.7 Å². The molecule has 1 amide bonds. The molecule has 0 unspecified atom stereocenters. The van der Waals surface area contributed by atoms with E-state index in [1.54, 1.807) is 13.2 Å². The zero-order valence-electron chi connectivity index (χ0n) is 15.6. The zero-order chi connectivity index (χ0) is 19.2. The Kier molecular flexibility index (Phi) is 5.71. The average Bonchev–Trinajstić information content (AvgIpc) is 2.70. The van der Waals surface area contributed by atoms with E-state index in [0.717, 1.165) is 5.56 Å². The van der Waals surface area contributed by atoms with Crippen molar-refractivity contribution in [3.8, 4) is 0 Å². The number of pyridine rings is 1. The SMILES string of the molecule is CNC(=O)c1cnc(N(Cc2ccccc2)Cc2ccccc2)c(N)c1C. The van der Waals surface area contributed by atoms with Crippen molar-refractivity contribution in [3.05, 3.63) is 89.1 Å². The van der Waals surface area contributed by atoms with E-state index in [1.165, 1.54) is 11.1 Å². The van der Waals surface area contributed by atoms with E-state index < -0.39 is 0 Å². The normalized spacial score (nSPS) is 10.4. The number of nitrogens with one attached hydrogen (secondary N) is 1. The molecule has 5 heteroatoms. The van der Waals surface area contributed by atoms with E-state index in [9.17, 15) is 4.79 Å². The van der Waals surface area contributed by atoms with Crippen molar-refractivity contribution in [3.63, 3.8) is 0 Å². The molecule has 0 saturated carbocycles. The maximum Gasteiger partial charge on any atom is 0.252 e. The summed E-state index contributed by atoms with van der Waals surface area (Å²) in [4.78, 5) is 18.7. The van der Waals surface area contributed by atoms with Gasteiger partial charge in [0.25, 0.3) is 5.91 Å². The summed E-state index contributed by atoms with van der Waals surface area (Å²) >= 11 is 0. The van der Waals surface area contributed by atoms with Crippen LogP contribution < -0.4 is 16.0 Å². The lowest BCUT2D eigenvalue weighted by atomic mass is 10.1. The van der Waals surface area contributed by atoms with Crippen LogP contribution in [0, 0.1) is 6.92 Å². The number of rotatable bonds is 6. The molecule has 0 aliphatic heterocycles. The van der Waals surface area contributed by atoms with Crippen molar-refractivity contribution in [1.29, 1.82) is 0 Å². The summed E-state index contributed by atoms with van der Waals surface area (Å²) in [5, 5.41) is 2.63. The highest BCUT2D eigenvalue weighted by molar-refractivity contribution is 5.97. The maximum absolute atomic E-state index is 12.0. The molecule has 2 aromatic carbocycles. The van der Waals surface area contributed by atoms with E-state index in [2.05, 4.69) is 39.5 Å². The molecular weight excluding hydrogens is 336 g/mol. The fraction of sp³-hybridized carbons (Fsp3) is 0.182. The summed E-state index contributed by atoms with van der Waals surface area (Å²) in [6, 6.07) is 20.4. The molecule has 3 rings (SSSR count). The molecule has 3 aromatic rings. The molecule has 0 bridgehead atoms. The molecule has 0 radical (unpaired) electrons. The lowest BCUT2D eigenvalue weighted by Crippen LogP contribution is -2.26. The van der Waals surface area contributed by atoms with E-state index in [0.29, 0.717) is 30.2 Å². The lowest BCUT2D eigenvalue weighted by molar-refractivity contribution is 0.0962. The number of nitrogen functional groups attached to an aromatic ring is 1. The van der Waals surface area contributed by atoms with Crippen molar-refractivity contribution >= 4 is 17.4 Å². The molecule has 0 spiro atoms. The number of nitrogens with zero attached hydrogens (tertiary/aromatic N) is 2. The first kappa shape index (κ1) is 18.5. The van der Waals surface area contributed by atoms with E-state index in [1.807, 2.05) is 43.3 Å². The van der Waals surface area contributed by atoms with Gasteiger partial charge in [-0.25, -0.2) is 4.98 Å². The van der Waals surface area contributed by atoms with E-state index >= 15 is 0 Å². The van der Waals surface area contributed by atoms with Gasteiger partial charge in [0.15, 0.2) is 5.82 Å². The predicted molar refractivity (Wildman–Crippen MR) is 110 cm³/mol. The highest BCUT2D eigenvalue weighted by atomic mass is 16.1. The second-order valence-electron chi connectivity index (χ2n) is 6.44. The minimum absolute atomic E-state index is 0.184. The Morgan fingerprint density at radius 2 is 1.52 bits per heavy atom. The van der Waals surface area contributed by atoms with Crippen LogP contribution in [-0.2, 0) is 13.1 Å². The Bertz CT molecular complexity index is 869. The Morgan fingerprint density at radius 3 is 2.00 bits per heavy atom. The molecule has 0 saturated heterocycles. The summed E-state index contributed by atoms with van der Waals surface area (Å²) < 4.78 is 0. The van der Waals surface area contributed by atoms with Gasteiger partial charge in [-0.15, -0.1) is 0 Å². The van der Waals surface area contributed by atoms with Crippen molar-refractivity contribution in [1.82, 2.24) is 10.3 Å². The fourth-order valence-corrected chi connectivity index (χ4v) is 3.03. The third-order valence-electron chi connectivity index (χ3n) is 4.57. The van der Waals surface area contributed by atoms with E-state index in [-0.39, 0.29) is 5.91 Å². The lowest BCUT2D eigenvalue weighted by Gasteiger charge is -2.26. The Morgan fingerprint density at radius 1 is 1.00 bits per heavy atom. The number of amides is 1. The highest BCUT2D eigenvalue weighted by Gasteiger charge is 2.18. The summed E-state index contributed by atoms with van der Waals surface area (Å²) in [6.07, 6.45) is 1.60. The number of carbonyl (C=O) groups is 1. The van der Waals surface area contributed by atoms with Gasteiger partial charge in [-0.3, -0.25) is 4.79 Å². The first-order valence-corrected chi connectivity index (χ1v) is 8.90. The second-order valence-corrected chi connectivity index (χ2v) is 6.44. The van der Waals surface area contributed by atoms with Gasteiger partial charge >= 0.3 is 0 Å². The molecule has 0 aliphatic rings. The smallest absolute Gasteiger partial charge is 0.252 e. The van der Waals surface area contributed by atoms with Crippen LogP contribution in [0.1, 0.15) is 27.0 Å². The number of hydrogen-bond acceptors (Lipinski definition) is 4. The summed E-state index contributed by atoms with van der Waals surface area (Å²) in [7, 11) is 1.60. The third-order valence-corrected chi connectivity index (χ3v) is 4.57.